The molecular formula is C18H23N3O. The molecule has 116 valence electrons. The third-order valence-electron chi connectivity index (χ3n) is 4.78. The van der Waals surface area contributed by atoms with Crippen LogP contribution in [0.15, 0.2) is 30.3 Å². The van der Waals surface area contributed by atoms with E-state index in [9.17, 15) is 4.79 Å². The van der Waals surface area contributed by atoms with E-state index in [1.807, 2.05) is 0 Å². The summed E-state index contributed by atoms with van der Waals surface area (Å²) in [5, 5.41) is 5.75. The number of carbonyl (C=O) groups excluding carboxylic acids is 1. The second kappa shape index (κ2) is 6.85. The molecule has 1 aromatic rings. The predicted molar refractivity (Wildman–Crippen MR) is 87.2 cm³/mol. The van der Waals surface area contributed by atoms with Crippen LogP contribution in [0.4, 0.5) is 4.79 Å². The molecule has 2 aliphatic rings. The Balaban J connectivity index is 1.55. The fourth-order valence-corrected chi connectivity index (χ4v) is 3.81. The maximum atomic E-state index is 11.7. The number of carbonyl (C=O) groups is 1. The zero-order chi connectivity index (χ0) is 15.4. The van der Waals surface area contributed by atoms with Crippen LogP contribution in [0.1, 0.15) is 31.2 Å². The number of amides is 2. The molecule has 2 bridgehead atoms. The van der Waals surface area contributed by atoms with Gasteiger partial charge in [0.1, 0.15) is 0 Å². The first kappa shape index (κ1) is 14.9. The maximum absolute atomic E-state index is 11.7. The highest BCUT2D eigenvalue weighted by Crippen LogP contribution is 2.36. The summed E-state index contributed by atoms with van der Waals surface area (Å²) in [6.45, 7) is 1.30. The lowest BCUT2D eigenvalue weighted by molar-refractivity contribution is 0.111. The van der Waals surface area contributed by atoms with Gasteiger partial charge in [-0.25, -0.2) is 4.79 Å². The number of rotatable bonds is 4. The third kappa shape index (κ3) is 3.42. The van der Waals surface area contributed by atoms with E-state index in [0.717, 1.165) is 19.4 Å². The lowest BCUT2D eigenvalue weighted by atomic mass is 9.96. The van der Waals surface area contributed by atoms with Crippen LogP contribution in [-0.4, -0.2) is 35.6 Å². The van der Waals surface area contributed by atoms with Crippen LogP contribution in [0.25, 0.3) is 0 Å². The Morgan fingerprint density at radius 3 is 2.55 bits per heavy atom. The van der Waals surface area contributed by atoms with E-state index < -0.39 is 0 Å². The Morgan fingerprint density at radius 1 is 1.23 bits per heavy atom. The van der Waals surface area contributed by atoms with Gasteiger partial charge in [-0.2, -0.15) is 0 Å². The van der Waals surface area contributed by atoms with E-state index in [2.05, 4.69) is 51.8 Å². The van der Waals surface area contributed by atoms with Crippen molar-refractivity contribution in [3.63, 3.8) is 0 Å². The van der Waals surface area contributed by atoms with Crippen molar-refractivity contribution < 1.29 is 4.79 Å². The van der Waals surface area contributed by atoms with Crippen molar-refractivity contribution in [2.45, 2.75) is 50.4 Å². The zero-order valence-electron chi connectivity index (χ0n) is 12.8. The van der Waals surface area contributed by atoms with Crippen LogP contribution in [0.2, 0.25) is 0 Å². The van der Waals surface area contributed by atoms with Gasteiger partial charge >= 0.3 is 6.03 Å². The van der Waals surface area contributed by atoms with Crippen LogP contribution < -0.4 is 10.6 Å². The molecule has 22 heavy (non-hydrogen) atoms. The van der Waals surface area contributed by atoms with Gasteiger partial charge in [-0.3, -0.25) is 4.90 Å². The molecule has 2 aliphatic heterocycles. The van der Waals surface area contributed by atoms with Crippen molar-refractivity contribution in [2.24, 2.45) is 0 Å². The Hall–Kier alpha value is -1.99. The molecule has 1 aromatic carbocycles. The molecule has 2 unspecified atom stereocenters. The van der Waals surface area contributed by atoms with Gasteiger partial charge in [0, 0.05) is 24.7 Å². The van der Waals surface area contributed by atoms with Crippen LogP contribution >= 0.6 is 0 Å². The van der Waals surface area contributed by atoms with E-state index in [0.29, 0.717) is 12.1 Å². The molecule has 2 fully saturated rings. The van der Waals surface area contributed by atoms with Crippen molar-refractivity contribution in [2.75, 3.05) is 6.54 Å². The number of terminal acetylenes is 1. The molecule has 0 radical (unpaired) electrons. The Labute approximate surface area is 132 Å². The topological polar surface area (TPSA) is 44.4 Å². The first-order chi connectivity index (χ1) is 10.8. The monoisotopic (exact) mass is 297 g/mol. The molecule has 0 aromatic heterocycles. The molecule has 4 heteroatoms. The molecule has 2 saturated heterocycles. The summed E-state index contributed by atoms with van der Waals surface area (Å²) in [4.78, 5) is 14.4. The second-order valence-electron chi connectivity index (χ2n) is 6.24. The van der Waals surface area contributed by atoms with Crippen molar-refractivity contribution in [3.8, 4) is 12.3 Å². The molecule has 4 nitrogen and oxygen atoms in total. The SMILES string of the molecule is C#CCNC(=O)NC1CC2CCC(C1)N2Cc1ccccc1. The summed E-state index contributed by atoms with van der Waals surface area (Å²) < 4.78 is 0. The molecule has 0 saturated carbocycles. The second-order valence-corrected chi connectivity index (χ2v) is 6.24. The smallest absolute Gasteiger partial charge is 0.315 e. The minimum atomic E-state index is -0.140. The van der Waals surface area contributed by atoms with E-state index in [1.165, 1.54) is 18.4 Å². The van der Waals surface area contributed by atoms with Crippen molar-refractivity contribution in [1.82, 2.24) is 15.5 Å². The summed E-state index contributed by atoms with van der Waals surface area (Å²) in [5.41, 5.74) is 1.37. The van der Waals surface area contributed by atoms with Gasteiger partial charge in [0.15, 0.2) is 0 Å². The number of hydrogen-bond donors (Lipinski definition) is 2. The van der Waals surface area contributed by atoms with E-state index in [1.54, 1.807) is 0 Å². The Morgan fingerprint density at radius 2 is 1.91 bits per heavy atom. The van der Waals surface area contributed by atoms with Gasteiger partial charge in [0.05, 0.1) is 6.54 Å². The Bertz CT molecular complexity index is 537. The third-order valence-corrected chi connectivity index (χ3v) is 4.78. The van der Waals surface area contributed by atoms with E-state index in [4.69, 9.17) is 6.42 Å². The molecule has 0 aliphatic carbocycles. The molecule has 2 atom stereocenters. The highest BCUT2D eigenvalue weighted by atomic mass is 16.2. The highest BCUT2D eigenvalue weighted by Gasteiger charge is 2.40. The summed E-state index contributed by atoms with van der Waals surface area (Å²) in [7, 11) is 0. The number of nitrogens with one attached hydrogen (secondary N) is 2. The Kier molecular flexibility index (Phi) is 4.65. The number of benzene rings is 1. The van der Waals surface area contributed by atoms with Gasteiger partial charge in [-0.1, -0.05) is 36.3 Å². The minimum Gasteiger partial charge on any atom is -0.335 e. The average molecular weight is 297 g/mol. The van der Waals surface area contributed by atoms with Crippen LogP contribution in [-0.2, 0) is 6.54 Å². The highest BCUT2D eigenvalue weighted by molar-refractivity contribution is 5.74. The summed E-state index contributed by atoms with van der Waals surface area (Å²) in [5.74, 6) is 2.42. The standard InChI is InChI=1S/C18H23N3O/c1-2-10-19-18(22)20-15-11-16-8-9-17(12-15)21(16)13-14-6-4-3-5-7-14/h1,3-7,15-17H,8-13H2,(H2,19,20,22). The summed E-state index contributed by atoms with van der Waals surface area (Å²) in [6, 6.07) is 11.9. The van der Waals surface area contributed by atoms with Gasteiger partial charge < -0.3 is 10.6 Å². The van der Waals surface area contributed by atoms with Crippen molar-refractivity contribution in [3.05, 3.63) is 35.9 Å². The van der Waals surface area contributed by atoms with Gasteiger partial charge in [0.2, 0.25) is 0 Å². The van der Waals surface area contributed by atoms with Gasteiger partial charge in [-0.05, 0) is 31.2 Å². The summed E-state index contributed by atoms with van der Waals surface area (Å²) in [6.07, 6.45) is 9.70. The molecule has 2 heterocycles. The molecule has 2 N–H and O–H groups in total. The lowest BCUT2D eigenvalue weighted by Gasteiger charge is -2.39. The van der Waals surface area contributed by atoms with Crippen molar-refractivity contribution >= 4 is 6.03 Å². The van der Waals surface area contributed by atoms with Crippen LogP contribution in [0.3, 0.4) is 0 Å². The first-order valence-corrected chi connectivity index (χ1v) is 8.03. The quantitative estimate of drug-likeness (QED) is 0.836. The molecule has 2 amide bonds. The number of urea groups is 1. The molecular weight excluding hydrogens is 274 g/mol. The van der Waals surface area contributed by atoms with E-state index >= 15 is 0 Å². The van der Waals surface area contributed by atoms with E-state index in [-0.39, 0.29) is 18.6 Å². The maximum Gasteiger partial charge on any atom is 0.315 e. The number of hydrogen-bond acceptors (Lipinski definition) is 2. The fourth-order valence-electron chi connectivity index (χ4n) is 3.81. The predicted octanol–water partition coefficient (Wildman–Crippen LogP) is 2.11. The fraction of sp³-hybridized carbons (Fsp3) is 0.500. The summed E-state index contributed by atoms with van der Waals surface area (Å²) >= 11 is 0. The zero-order valence-corrected chi connectivity index (χ0v) is 12.8. The van der Waals surface area contributed by atoms with Crippen LogP contribution in [0, 0.1) is 12.3 Å². The average Bonchev–Trinajstić information content (AvgIpc) is 2.76. The minimum absolute atomic E-state index is 0.140. The molecule has 3 rings (SSSR count). The largest absolute Gasteiger partial charge is 0.335 e. The normalized spacial score (nSPS) is 27.1. The molecule has 0 spiro atoms. The van der Waals surface area contributed by atoms with Crippen molar-refractivity contribution in [1.29, 1.82) is 0 Å². The number of piperidine rings is 1. The number of nitrogens with zero attached hydrogens (tertiary/aromatic N) is 1. The van der Waals surface area contributed by atoms with Gasteiger partial charge in [0.25, 0.3) is 0 Å². The van der Waals surface area contributed by atoms with Gasteiger partial charge in [-0.15, -0.1) is 6.42 Å². The van der Waals surface area contributed by atoms with Crippen LogP contribution in [0.5, 0.6) is 0 Å². The number of fused-ring (bicyclic) bond motifs is 2. The first-order valence-electron chi connectivity index (χ1n) is 8.03. The lowest BCUT2D eigenvalue weighted by Crippen LogP contribution is -2.51.